The lowest BCUT2D eigenvalue weighted by molar-refractivity contribution is 0.0944. The van der Waals surface area contributed by atoms with Gasteiger partial charge in [0.2, 0.25) is 5.89 Å². The first-order valence-corrected chi connectivity index (χ1v) is 10.0. The number of methoxy groups -OCH3 is 2. The molecule has 1 aromatic heterocycles. The van der Waals surface area contributed by atoms with Gasteiger partial charge in [-0.15, -0.1) is 0 Å². The van der Waals surface area contributed by atoms with Crippen molar-refractivity contribution < 1.29 is 18.7 Å². The zero-order valence-corrected chi connectivity index (χ0v) is 18.3. The molecule has 1 unspecified atom stereocenters. The Morgan fingerprint density at radius 1 is 1.21 bits per heavy atom. The minimum atomic E-state index is -0.210. The van der Waals surface area contributed by atoms with E-state index in [2.05, 4.69) is 29.0 Å². The van der Waals surface area contributed by atoms with Crippen LogP contribution in [0.5, 0.6) is 11.5 Å². The van der Waals surface area contributed by atoms with Crippen LogP contribution in [-0.4, -0.2) is 42.6 Å². The van der Waals surface area contributed by atoms with Crippen LogP contribution < -0.4 is 14.8 Å². The van der Waals surface area contributed by atoms with Crippen molar-refractivity contribution in [3.63, 3.8) is 0 Å². The predicted octanol–water partition coefficient (Wildman–Crippen LogP) is 3.88. The van der Waals surface area contributed by atoms with Crippen LogP contribution in [0.2, 0.25) is 0 Å². The van der Waals surface area contributed by atoms with Gasteiger partial charge in [0.05, 0.1) is 20.8 Å². The first-order chi connectivity index (χ1) is 13.9. The highest BCUT2D eigenvalue weighted by molar-refractivity contribution is 5.91. The number of nitrogens with one attached hydrogen (secondary N) is 1. The fraction of sp³-hybridized carbons (Fsp3) is 0.545. The van der Waals surface area contributed by atoms with Crippen LogP contribution in [0, 0.1) is 5.92 Å². The van der Waals surface area contributed by atoms with Crippen molar-refractivity contribution in [3.05, 3.63) is 41.6 Å². The monoisotopic (exact) mass is 403 g/mol. The Kier molecular flexibility index (Phi) is 8.51. The van der Waals surface area contributed by atoms with Crippen molar-refractivity contribution >= 4 is 5.91 Å². The van der Waals surface area contributed by atoms with Gasteiger partial charge in [-0.1, -0.05) is 20.8 Å². The first-order valence-electron chi connectivity index (χ1n) is 10.0. The quantitative estimate of drug-likeness (QED) is 0.614. The van der Waals surface area contributed by atoms with Crippen molar-refractivity contribution in [2.45, 2.75) is 53.2 Å². The topological polar surface area (TPSA) is 76.8 Å². The highest BCUT2D eigenvalue weighted by Gasteiger charge is 2.20. The second-order valence-electron chi connectivity index (χ2n) is 7.57. The summed E-state index contributed by atoms with van der Waals surface area (Å²) in [7, 11) is 3.31. The molecule has 0 radical (unpaired) electrons. The highest BCUT2D eigenvalue weighted by atomic mass is 16.5. The van der Waals surface area contributed by atoms with Crippen LogP contribution in [0.25, 0.3) is 0 Å². The van der Waals surface area contributed by atoms with E-state index in [0.29, 0.717) is 37.1 Å². The molecule has 7 nitrogen and oxygen atoms in total. The SMILES string of the molecule is CCC(C)N(Cc1nc(C(=O)NCC(C)C)co1)Cc1cc(OC)ccc1OC. The highest BCUT2D eigenvalue weighted by Crippen LogP contribution is 2.27. The van der Waals surface area contributed by atoms with Gasteiger partial charge in [0.25, 0.3) is 5.91 Å². The minimum absolute atomic E-state index is 0.210. The number of hydrogen-bond donors (Lipinski definition) is 1. The molecule has 7 heteroatoms. The second-order valence-corrected chi connectivity index (χ2v) is 7.57. The Morgan fingerprint density at radius 2 is 1.97 bits per heavy atom. The van der Waals surface area contributed by atoms with Gasteiger partial charge >= 0.3 is 0 Å². The van der Waals surface area contributed by atoms with E-state index in [1.54, 1.807) is 14.2 Å². The third kappa shape index (κ3) is 6.49. The van der Waals surface area contributed by atoms with Crippen LogP contribution in [0.1, 0.15) is 56.1 Å². The smallest absolute Gasteiger partial charge is 0.273 e. The van der Waals surface area contributed by atoms with E-state index in [9.17, 15) is 4.79 Å². The van der Waals surface area contributed by atoms with Gasteiger partial charge in [-0.2, -0.15) is 0 Å². The van der Waals surface area contributed by atoms with E-state index in [1.165, 1.54) is 6.26 Å². The molecular weight excluding hydrogens is 370 g/mol. The summed E-state index contributed by atoms with van der Waals surface area (Å²) in [6, 6.07) is 6.06. The third-order valence-electron chi connectivity index (χ3n) is 4.87. The summed E-state index contributed by atoms with van der Waals surface area (Å²) >= 11 is 0. The standard InChI is InChI=1S/C22H33N3O4/c1-7-16(4)25(12-17-10-18(27-5)8-9-20(17)28-6)13-21-24-19(14-29-21)22(26)23-11-15(2)3/h8-10,14-16H,7,11-13H2,1-6H3,(H,23,26). The number of carbonyl (C=O) groups excluding carboxylic acids is 1. The molecule has 0 saturated carbocycles. The van der Waals surface area contributed by atoms with Gasteiger partial charge in [0.15, 0.2) is 5.69 Å². The largest absolute Gasteiger partial charge is 0.497 e. The van der Waals surface area contributed by atoms with Crippen LogP contribution in [-0.2, 0) is 13.1 Å². The summed E-state index contributed by atoms with van der Waals surface area (Å²) in [4.78, 5) is 18.8. The maximum atomic E-state index is 12.2. The number of hydrogen-bond acceptors (Lipinski definition) is 6. The van der Waals surface area contributed by atoms with Gasteiger partial charge < -0.3 is 19.2 Å². The molecule has 1 aromatic carbocycles. The Bertz CT molecular complexity index is 788. The number of benzene rings is 1. The molecule has 1 amide bonds. The number of carbonyl (C=O) groups is 1. The molecule has 0 aliphatic rings. The summed E-state index contributed by atoms with van der Waals surface area (Å²) in [6.07, 6.45) is 2.39. The van der Waals surface area contributed by atoms with Crippen molar-refractivity contribution in [2.75, 3.05) is 20.8 Å². The number of ether oxygens (including phenoxy) is 2. The van der Waals surface area contributed by atoms with Gasteiger partial charge in [-0.25, -0.2) is 4.98 Å². The zero-order chi connectivity index (χ0) is 21.4. The average Bonchev–Trinajstić information content (AvgIpc) is 3.19. The van der Waals surface area contributed by atoms with Gasteiger partial charge in [0, 0.05) is 24.7 Å². The number of amides is 1. The van der Waals surface area contributed by atoms with E-state index in [1.807, 2.05) is 32.0 Å². The normalized spacial score (nSPS) is 12.3. The van der Waals surface area contributed by atoms with Crippen LogP contribution in [0.3, 0.4) is 0 Å². The summed E-state index contributed by atoms with van der Waals surface area (Å²) in [5, 5.41) is 2.86. The summed E-state index contributed by atoms with van der Waals surface area (Å²) in [5.74, 6) is 2.27. The number of oxazole rings is 1. The van der Waals surface area contributed by atoms with Crippen molar-refractivity contribution in [2.24, 2.45) is 5.92 Å². The Hall–Kier alpha value is -2.54. The van der Waals surface area contributed by atoms with Crippen LogP contribution >= 0.6 is 0 Å². The number of rotatable bonds is 11. The fourth-order valence-corrected chi connectivity index (χ4v) is 2.90. The summed E-state index contributed by atoms with van der Waals surface area (Å²) in [6.45, 7) is 10.1. The maximum absolute atomic E-state index is 12.2. The molecule has 160 valence electrons. The second kappa shape index (κ2) is 10.9. The van der Waals surface area contributed by atoms with E-state index in [0.717, 1.165) is 23.5 Å². The molecule has 0 saturated heterocycles. The third-order valence-corrected chi connectivity index (χ3v) is 4.87. The average molecular weight is 404 g/mol. The zero-order valence-electron chi connectivity index (χ0n) is 18.3. The molecule has 0 aliphatic carbocycles. The molecule has 0 fully saturated rings. The summed E-state index contributed by atoms with van der Waals surface area (Å²) in [5.41, 5.74) is 1.33. The molecule has 0 bridgehead atoms. The predicted molar refractivity (Wildman–Crippen MR) is 112 cm³/mol. The lowest BCUT2D eigenvalue weighted by Gasteiger charge is -2.28. The Balaban J connectivity index is 2.15. The van der Waals surface area contributed by atoms with E-state index in [-0.39, 0.29) is 11.9 Å². The Labute approximate surface area is 173 Å². The van der Waals surface area contributed by atoms with Crippen molar-refractivity contribution in [1.29, 1.82) is 0 Å². The maximum Gasteiger partial charge on any atom is 0.273 e. The van der Waals surface area contributed by atoms with E-state index >= 15 is 0 Å². The van der Waals surface area contributed by atoms with E-state index in [4.69, 9.17) is 13.9 Å². The molecule has 2 aromatic rings. The van der Waals surface area contributed by atoms with E-state index < -0.39 is 0 Å². The number of aromatic nitrogens is 1. The lowest BCUT2D eigenvalue weighted by atomic mass is 10.1. The molecule has 2 rings (SSSR count). The molecular formula is C22H33N3O4. The van der Waals surface area contributed by atoms with Gasteiger partial charge in [-0.05, 0) is 37.5 Å². The van der Waals surface area contributed by atoms with Crippen LogP contribution in [0.15, 0.2) is 28.9 Å². The lowest BCUT2D eigenvalue weighted by Crippen LogP contribution is -2.32. The Morgan fingerprint density at radius 3 is 2.59 bits per heavy atom. The minimum Gasteiger partial charge on any atom is -0.497 e. The van der Waals surface area contributed by atoms with Crippen LogP contribution in [0.4, 0.5) is 0 Å². The molecule has 1 heterocycles. The van der Waals surface area contributed by atoms with Gasteiger partial charge in [-0.3, -0.25) is 9.69 Å². The molecule has 0 aliphatic heterocycles. The molecule has 1 atom stereocenters. The molecule has 1 N–H and O–H groups in total. The number of nitrogens with zero attached hydrogens (tertiary/aromatic N) is 2. The van der Waals surface area contributed by atoms with Crippen molar-refractivity contribution in [1.82, 2.24) is 15.2 Å². The molecule has 0 spiro atoms. The molecule has 29 heavy (non-hydrogen) atoms. The fourth-order valence-electron chi connectivity index (χ4n) is 2.90. The van der Waals surface area contributed by atoms with Gasteiger partial charge in [0.1, 0.15) is 17.8 Å². The summed E-state index contributed by atoms with van der Waals surface area (Å²) < 4.78 is 16.5. The van der Waals surface area contributed by atoms with Crippen molar-refractivity contribution in [3.8, 4) is 11.5 Å². The first kappa shape index (κ1) is 22.7.